The predicted octanol–water partition coefficient (Wildman–Crippen LogP) is 2.71. The lowest BCUT2D eigenvalue weighted by atomic mass is 10.2. The number of thiazole rings is 1. The number of hydrogen-bond donors (Lipinski definition) is 2. The molecule has 0 aliphatic heterocycles. The summed E-state index contributed by atoms with van der Waals surface area (Å²) in [4.78, 5) is 16.5. The summed E-state index contributed by atoms with van der Waals surface area (Å²) in [6.45, 7) is 1.92. The summed E-state index contributed by atoms with van der Waals surface area (Å²) in [6, 6.07) is 7.17. The molecular formula is C13H13ClN4OS. The number of halogens is 1. The van der Waals surface area contributed by atoms with Gasteiger partial charge in [-0.2, -0.15) is 5.10 Å². The van der Waals surface area contributed by atoms with Crippen molar-refractivity contribution in [2.75, 3.05) is 5.73 Å². The number of carbonyl (C=O) groups is 1. The Morgan fingerprint density at radius 3 is 3.10 bits per heavy atom. The molecule has 104 valence electrons. The number of hydrogen-bond acceptors (Lipinski definition) is 5. The first kappa shape index (κ1) is 14.5. The van der Waals surface area contributed by atoms with E-state index in [1.807, 2.05) is 19.1 Å². The normalized spacial score (nSPS) is 10.9. The Balaban J connectivity index is 2.05. The first-order chi connectivity index (χ1) is 9.60. The van der Waals surface area contributed by atoms with Crippen molar-refractivity contribution in [1.82, 2.24) is 10.4 Å². The van der Waals surface area contributed by atoms with Gasteiger partial charge in [0.1, 0.15) is 4.88 Å². The largest absolute Gasteiger partial charge is 0.375 e. The molecule has 5 nitrogen and oxygen atoms in total. The van der Waals surface area contributed by atoms with Crippen molar-refractivity contribution in [2.45, 2.75) is 13.3 Å². The summed E-state index contributed by atoms with van der Waals surface area (Å²) in [7, 11) is 0. The maximum absolute atomic E-state index is 12.0. The van der Waals surface area contributed by atoms with Crippen molar-refractivity contribution < 1.29 is 4.79 Å². The highest BCUT2D eigenvalue weighted by Gasteiger charge is 2.15. The highest BCUT2D eigenvalue weighted by Crippen LogP contribution is 2.20. The van der Waals surface area contributed by atoms with Crippen molar-refractivity contribution in [3.05, 3.63) is 45.4 Å². The number of carbonyl (C=O) groups excluding carboxylic acids is 1. The monoisotopic (exact) mass is 308 g/mol. The van der Waals surface area contributed by atoms with Gasteiger partial charge in [-0.25, -0.2) is 10.4 Å². The maximum atomic E-state index is 12.0. The third-order valence-corrected chi connectivity index (χ3v) is 3.64. The van der Waals surface area contributed by atoms with Crippen LogP contribution in [0.4, 0.5) is 5.13 Å². The van der Waals surface area contributed by atoms with E-state index in [-0.39, 0.29) is 5.91 Å². The van der Waals surface area contributed by atoms with E-state index in [1.165, 1.54) is 6.21 Å². The van der Waals surface area contributed by atoms with Gasteiger partial charge in [-0.05, 0) is 24.1 Å². The van der Waals surface area contributed by atoms with Crippen LogP contribution >= 0.6 is 22.9 Å². The number of nitrogens with one attached hydrogen (secondary N) is 1. The van der Waals surface area contributed by atoms with E-state index in [0.717, 1.165) is 16.9 Å². The highest BCUT2D eigenvalue weighted by molar-refractivity contribution is 7.17. The number of amides is 1. The fraction of sp³-hybridized carbons (Fsp3) is 0.154. The lowest BCUT2D eigenvalue weighted by molar-refractivity contribution is 0.0958. The number of nitrogens with two attached hydrogens (primary N) is 1. The number of nitrogen functional groups attached to an aromatic ring is 1. The lowest BCUT2D eigenvalue weighted by Gasteiger charge is -1.98. The Bertz CT molecular complexity index is 654. The minimum Gasteiger partial charge on any atom is -0.375 e. The Labute approximate surface area is 125 Å². The average molecular weight is 309 g/mol. The molecule has 1 aromatic carbocycles. The smallest absolute Gasteiger partial charge is 0.283 e. The number of aryl methyl sites for hydroxylation is 1. The third-order valence-electron chi connectivity index (χ3n) is 2.48. The van der Waals surface area contributed by atoms with E-state index in [2.05, 4.69) is 15.5 Å². The van der Waals surface area contributed by atoms with Crippen LogP contribution < -0.4 is 11.2 Å². The van der Waals surface area contributed by atoms with Crippen molar-refractivity contribution in [3.8, 4) is 0 Å². The van der Waals surface area contributed by atoms with Gasteiger partial charge in [0.2, 0.25) is 0 Å². The third kappa shape index (κ3) is 3.55. The quantitative estimate of drug-likeness (QED) is 0.673. The van der Waals surface area contributed by atoms with Crippen molar-refractivity contribution in [2.24, 2.45) is 5.10 Å². The molecule has 0 aliphatic carbocycles. The maximum Gasteiger partial charge on any atom is 0.283 e. The van der Waals surface area contributed by atoms with Crippen molar-refractivity contribution in [3.63, 3.8) is 0 Å². The summed E-state index contributed by atoms with van der Waals surface area (Å²) in [6.07, 6.45) is 2.17. The van der Waals surface area contributed by atoms with Crippen molar-refractivity contribution in [1.29, 1.82) is 0 Å². The van der Waals surface area contributed by atoms with E-state index in [0.29, 0.717) is 27.1 Å². The predicted molar refractivity (Wildman–Crippen MR) is 82.4 cm³/mol. The molecule has 0 radical (unpaired) electrons. The van der Waals surface area contributed by atoms with Gasteiger partial charge < -0.3 is 5.73 Å². The molecule has 20 heavy (non-hydrogen) atoms. The molecule has 1 amide bonds. The summed E-state index contributed by atoms with van der Waals surface area (Å²) >= 11 is 7.01. The van der Waals surface area contributed by atoms with Gasteiger partial charge in [0.15, 0.2) is 5.13 Å². The molecule has 1 aromatic heterocycles. The molecule has 3 N–H and O–H groups in total. The molecular weight excluding hydrogens is 296 g/mol. The van der Waals surface area contributed by atoms with Gasteiger partial charge in [0, 0.05) is 5.02 Å². The van der Waals surface area contributed by atoms with E-state index < -0.39 is 0 Å². The van der Waals surface area contributed by atoms with Crippen LogP contribution in [0.1, 0.15) is 27.9 Å². The van der Waals surface area contributed by atoms with Crippen LogP contribution in [0.5, 0.6) is 0 Å². The molecule has 0 fully saturated rings. The fourth-order valence-corrected chi connectivity index (χ4v) is 2.60. The number of benzene rings is 1. The lowest BCUT2D eigenvalue weighted by Crippen LogP contribution is -2.17. The molecule has 0 saturated carbocycles. The van der Waals surface area contributed by atoms with Crippen LogP contribution in [0.2, 0.25) is 5.02 Å². The van der Waals surface area contributed by atoms with Crippen LogP contribution in [-0.4, -0.2) is 17.1 Å². The number of anilines is 1. The first-order valence-corrected chi connectivity index (χ1v) is 7.13. The van der Waals surface area contributed by atoms with Gasteiger partial charge in [-0.15, -0.1) is 0 Å². The number of hydrazone groups is 1. The number of rotatable bonds is 4. The Morgan fingerprint density at radius 1 is 1.60 bits per heavy atom. The van der Waals surface area contributed by atoms with Crippen LogP contribution in [0.3, 0.4) is 0 Å². The minimum absolute atomic E-state index is 0.311. The number of aromatic nitrogens is 1. The van der Waals surface area contributed by atoms with Gasteiger partial charge >= 0.3 is 0 Å². The molecule has 2 aromatic rings. The second kappa shape index (κ2) is 6.49. The summed E-state index contributed by atoms with van der Waals surface area (Å²) in [5, 5.41) is 4.89. The molecule has 7 heteroatoms. The van der Waals surface area contributed by atoms with Crippen LogP contribution in [-0.2, 0) is 6.42 Å². The van der Waals surface area contributed by atoms with Gasteiger partial charge in [0.05, 0.1) is 11.9 Å². The van der Waals surface area contributed by atoms with Crippen LogP contribution in [0.15, 0.2) is 29.4 Å². The highest BCUT2D eigenvalue weighted by atomic mass is 35.5. The van der Waals surface area contributed by atoms with E-state index >= 15 is 0 Å². The summed E-state index contributed by atoms with van der Waals surface area (Å²) in [5.41, 5.74) is 9.55. The Morgan fingerprint density at radius 2 is 2.40 bits per heavy atom. The minimum atomic E-state index is -0.311. The molecule has 0 saturated heterocycles. The topological polar surface area (TPSA) is 80.4 Å². The van der Waals surface area contributed by atoms with Crippen molar-refractivity contribution >= 4 is 40.2 Å². The second-order valence-corrected chi connectivity index (χ2v) is 5.40. The van der Waals surface area contributed by atoms with Crippen LogP contribution in [0.25, 0.3) is 0 Å². The standard InChI is InChI=1S/C13H13ClN4OS/c1-2-10-11(20-13(15)17-10)12(19)18-16-7-8-4-3-5-9(14)6-8/h3-7H,2H2,1H3,(H2,15,17)(H,18,19)/b16-7-. The zero-order chi connectivity index (χ0) is 14.5. The Kier molecular flexibility index (Phi) is 4.70. The SMILES string of the molecule is CCc1nc(N)sc1C(=O)N/N=C\c1cccc(Cl)c1. The Hall–Kier alpha value is -1.92. The molecule has 0 spiro atoms. The zero-order valence-electron chi connectivity index (χ0n) is 10.8. The van der Waals surface area contributed by atoms with Gasteiger partial charge in [0.25, 0.3) is 5.91 Å². The molecule has 0 atom stereocenters. The molecule has 0 aliphatic rings. The van der Waals surface area contributed by atoms with E-state index in [4.69, 9.17) is 17.3 Å². The van der Waals surface area contributed by atoms with E-state index in [1.54, 1.807) is 12.1 Å². The molecule has 0 unspecified atom stereocenters. The molecule has 2 rings (SSSR count). The zero-order valence-corrected chi connectivity index (χ0v) is 12.3. The summed E-state index contributed by atoms with van der Waals surface area (Å²) < 4.78 is 0. The molecule has 1 heterocycles. The first-order valence-electron chi connectivity index (χ1n) is 5.94. The van der Waals surface area contributed by atoms with Gasteiger partial charge in [-0.1, -0.05) is 42.0 Å². The molecule has 0 bridgehead atoms. The number of nitrogens with zero attached hydrogens (tertiary/aromatic N) is 2. The van der Waals surface area contributed by atoms with E-state index in [9.17, 15) is 4.79 Å². The summed E-state index contributed by atoms with van der Waals surface area (Å²) in [5.74, 6) is -0.311. The second-order valence-electron chi connectivity index (χ2n) is 3.94. The van der Waals surface area contributed by atoms with Gasteiger partial charge in [-0.3, -0.25) is 4.79 Å². The average Bonchev–Trinajstić information content (AvgIpc) is 2.80. The van der Waals surface area contributed by atoms with Crippen LogP contribution in [0, 0.1) is 0 Å². The fourth-order valence-electron chi connectivity index (χ4n) is 1.59.